The number of ether oxygens (including phenoxy) is 2. The topological polar surface area (TPSA) is 55.8 Å². The first-order valence-corrected chi connectivity index (χ1v) is 21.5. The van der Waals surface area contributed by atoms with Gasteiger partial charge < -0.3 is 14.4 Å². The highest BCUT2D eigenvalue weighted by molar-refractivity contribution is 5.73. The molecule has 286 valence electrons. The van der Waals surface area contributed by atoms with Crippen molar-refractivity contribution in [2.75, 3.05) is 26.4 Å². The molecular weight excluding hydrogens is 606 g/mol. The summed E-state index contributed by atoms with van der Waals surface area (Å²) in [6, 6.07) is 0. The van der Waals surface area contributed by atoms with Crippen LogP contribution in [0.3, 0.4) is 0 Å². The first kappa shape index (κ1) is 45.4. The average molecular weight is 688 g/mol. The summed E-state index contributed by atoms with van der Waals surface area (Å²) in [6.45, 7) is 7.75. The second kappa shape index (κ2) is 36.2. The van der Waals surface area contributed by atoms with Gasteiger partial charge in [0, 0.05) is 6.42 Å². The first-order valence-electron chi connectivity index (χ1n) is 21.5. The zero-order chi connectivity index (χ0) is 35.3. The van der Waals surface area contributed by atoms with E-state index in [9.17, 15) is 9.59 Å². The molecule has 0 bridgehead atoms. The second-order valence-corrected chi connectivity index (χ2v) is 14.8. The lowest BCUT2D eigenvalue weighted by Crippen LogP contribution is -2.24. The number of hydrogen-bond donors (Lipinski definition) is 0. The third-order valence-electron chi connectivity index (χ3n) is 10.2. The van der Waals surface area contributed by atoms with Crippen LogP contribution >= 0.6 is 0 Å². The Morgan fingerprint density at radius 3 is 1.47 bits per heavy atom. The van der Waals surface area contributed by atoms with Crippen molar-refractivity contribution in [2.45, 2.75) is 213 Å². The van der Waals surface area contributed by atoms with Crippen molar-refractivity contribution in [3.63, 3.8) is 0 Å². The highest BCUT2D eigenvalue weighted by atomic mass is 16.7. The highest BCUT2D eigenvalue weighted by Gasteiger charge is 2.21. The summed E-state index contributed by atoms with van der Waals surface area (Å²) in [5.74, 6) is -0.533. The molecular formula is C44H81NO4. The van der Waals surface area contributed by atoms with Crippen LogP contribution in [-0.4, -0.2) is 43.3 Å². The molecule has 5 heteroatoms. The quantitative estimate of drug-likeness (QED) is 0.0284. The fourth-order valence-electron chi connectivity index (χ4n) is 6.92. The van der Waals surface area contributed by atoms with Crippen LogP contribution in [0.15, 0.2) is 24.3 Å². The van der Waals surface area contributed by atoms with Gasteiger partial charge in [-0.1, -0.05) is 141 Å². The summed E-state index contributed by atoms with van der Waals surface area (Å²) in [5.41, 5.74) is 0. The number of allylic oxidation sites excluding steroid dienone is 4. The number of carbonyl (C=O) groups excluding carboxylic acids is 2. The van der Waals surface area contributed by atoms with Crippen molar-refractivity contribution in [3.8, 4) is 0 Å². The summed E-state index contributed by atoms with van der Waals surface area (Å²) >= 11 is 0. The van der Waals surface area contributed by atoms with E-state index in [4.69, 9.17) is 9.47 Å². The second-order valence-electron chi connectivity index (χ2n) is 14.8. The largest absolute Gasteiger partial charge is 0.428 e. The van der Waals surface area contributed by atoms with Crippen LogP contribution in [0.25, 0.3) is 0 Å². The molecule has 0 N–H and O–H groups in total. The first-order chi connectivity index (χ1) is 24.2. The molecule has 0 saturated carbocycles. The fraction of sp³-hybridized carbons (Fsp3) is 0.864. The number of unbranched alkanes of at least 4 members (excludes halogenated alkanes) is 21. The molecule has 0 aromatic rings. The van der Waals surface area contributed by atoms with Gasteiger partial charge in [-0.05, 0) is 110 Å². The van der Waals surface area contributed by atoms with E-state index < -0.39 is 0 Å². The van der Waals surface area contributed by atoms with Crippen LogP contribution in [0.2, 0.25) is 0 Å². The Morgan fingerprint density at radius 1 is 0.531 bits per heavy atom. The fourth-order valence-corrected chi connectivity index (χ4v) is 6.92. The van der Waals surface area contributed by atoms with E-state index in [-0.39, 0.29) is 24.6 Å². The zero-order valence-electron chi connectivity index (χ0n) is 32.7. The third-order valence-corrected chi connectivity index (χ3v) is 10.2. The number of carbonyl (C=O) groups is 2. The normalized spacial score (nSPS) is 14.3. The van der Waals surface area contributed by atoms with E-state index in [0.29, 0.717) is 6.42 Å². The standard InChI is InChI=1S/C44H81NO4/c1-3-5-7-9-11-13-15-17-19-21-23-25-27-29-31-37-43(46)48-41-49-44(47)42(36-34-40-45-38-32-33-39-45)35-30-28-26-24-22-20-18-16-14-12-10-8-6-4-2/h17-20,42H,3-16,21-41H2,1-2H3. The Balaban J connectivity index is 2.12. The number of esters is 2. The molecule has 0 aliphatic carbocycles. The van der Waals surface area contributed by atoms with E-state index in [2.05, 4.69) is 43.1 Å². The van der Waals surface area contributed by atoms with Crippen LogP contribution in [0, 0.1) is 5.92 Å². The van der Waals surface area contributed by atoms with Crippen LogP contribution in [-0.2, 0) is 19.1 Å². The molecule has 1 aliphatic rings. The minimum Gasteiger partial charge on any atom is -0.428 e. The summed E-state index contributed by atoms with van der Waals surface area (Å²) in [5, 5.41) is 0. The smallest absolute Gasteiger partial charge is 0.311 e. The van der Waals surface area contributed by atoms with Gasteiger partial charge in [0.1, 0.15) is 0 Å². The van der Waals surface area contributed by atoms with Gasteiger partial charge in [-0.2, -0.15) is 0 Å². The van der Waals surface area contributed by atoms with Gasteiger partial charge in [0.05, 0.1) is 5.92 Å². The van der Waals surface area contributed by atoms with Crippen LogP contribution < -0.4 is 0 Å². The maximum Gasteiger partial charge on any atom is 0.311 e. The van der Waals surface area contributed by atoms with Gasteiger partial charge in [0.2, 0.25) is 6.79 Å². The Hall–Kier alpha value is -1.62. The van der Waals surface area contributed by atoms with Gasteiger partial charge >= 0.3 is 11.9 Å². The highest BCUT2D eigenvalue weighted by Crippen LogP contribution is 2.20. The van der Waals surface area contributed by atoms with Crippen molar-refractivity contribution in [1.29, 1.82) is 0 Å². The summed E-state index contributed by atoms with van der Waals surface area (Å²) < 4.78 is 10.8. The maximum absolute atomic E-state index is 13.0. The van der Waals surface area contributed by atoms with Crippen LogP contribution in [0.5, 0.6) is 0 Å². The molecule has 1 heterocycles. The lowest BCUT2D eigenvalue weighted by Gasteiger charge is -2.19. The van der Waals surface area contributed by atoms with Crippen molar-refractivity contribution in [3.05, 3.63) is 24.3 Å². The SMILES string of the molecule is CCCCCCCCC=CCCCCCCCC(=O)OCOC(=O)C(CCCCCCC=CCCCCCCCC)CCCN1CCCC1. The zero-order valence-corrected chi connectivity index (χ0v) is 32.7. The Kier molecular flexibility index (Phi) is 33.5. The molecule has 1 atom stereocenters. The number of likely N-dealkylation sites (tertiary alicyclic amines) is 1. The van der Waals surface area contributed by atoms with Crippen LogP contribution in [0.1, 0.15) is 213 Å². The lowest BCUT2D eigenvalue weighted by molar-refractivity contribution is -0.170. The molecule has 1 saturated heterocycles. The molecule has 0 aromatic heterocycles. The minimum atomic E-state index is -0.253. The van der Waals surface area contributed by atoms with Gasteiger partial charge in [0.15, 0.2) is 0 Å². The van der Waals surface area contributed by atoms with E-state index in [1.807, 2.05) is 0 Å². The summed E-state index contributed by atoms with van der Waals surface area (Å²) in [7, 11) is 0. The van der Waals surface area contributed by atoms with Crippen LogP contribution in [0.4, 0.5) is 0 Å². The number of rotatable bonds is 36. The van der Waals surface area contributed by atoms with E-state index in [1.165, 1.54) is 154 Å². The van der Waals surface area contributed by atoms with Crippen molar-refractivity contribution in [1.82, 2.24) is 4.90 Å². The van der Waals surface area contributed by atoms with Gasteiger partial charge in [-0.15, -0.1) is 0 Å². The maximum atomic E-state index is 13.0. The minimum absolute atomic E-state index is 0.0936. The third kappa shape index (κ3) is 30.9. The molecule has 0 amide bonds. The molecule has 0 spiro atoms. The molecule has 49 heavy (non-hydrogen) atoms. The molecule has 1 aliphatic heterocycles. The van der Waals surface area contributed by atoms with Gasteiger partial charge in [-0.3, -0.25) is 9.59 Å². The van der Waals surface area contributed by atoms with Crippen molar-refractivity contribution >= 4 is 11.9 Å². The summed E-state index contributed by atoms with van der Waals surface area (Å²) in [6.07, 6.45) is 46.4. The average Bonchev–Trinajstić information content (AvgIpc) is 3.63. The summed E-state index contributed by atoms with van der Waals surface area (Å²) in [4.78, 5) is 27.7. The molecule has 1 unspecified atom stereocenters. The van der Waals surface area contributed by atoms with Gasteiger partial charge in [0.25, 0.3) is 0 Å². The number of hydrogen-bond acceptors (Lipinski definition) is 5. The monoisotopic (exact) mass is 688 g/mol. The predicted molar refractivity (Wildman–Crippen MR) is 210 cm³/mol. The van der Waals surface area contributed by atoms with Crippen molar-refractivity contribution < 1.29 is 19.1 Å². The van der Waals surface area contributed by atoms with Crippen molar-refractivity contribution in [2.24, 2.45) is 5.92 Å². The molecule has 0 aromatic carbocycles. The molecule has 1 rings (SSSR count). The Bertz CT molecular complexity index is 788. The van der Waals surface area contributed by atoms with Gasteiger partial charge in [-0.25, -0.2) is 0 Å². The van der Waals surface area contributed by atoms with E-state index in [0.717, 1.165) is 57.9 Å². The number of nitrogens with zero attached hydrogens (tertiary/aromatic N) is 1. The molecule has 0 radical (unpaired) electrons. The lowest BCUT2D eigenvalue weighted by atomic mass is 9.95. The molecule has 1 fully saturated rings. The molecule has 5 nitrogen and oxygen atoms in total. The Labute approximate surface area is 304 Å². The Morgan fingerprint density at radius 2 is 0.959 bits per heavy atom. The van der Waals surface area contributed by atoms with E-state index in [1.54, 1.807) is 0 Å². The van der Waals surface area contributed by atoms with E-state index >= 15 is 0 Å². The predicted octanol–water partition coefficient (Wildman–Crippen LogP) is 13.2.